The molecule has 112 valence electrons. The van der Waals surface area contributed by atoms with E-state index in [1.165, 1.54) is 6.92 Å². The van der Waals surface area contributed by atoms with Gasteiger partial charge in [0.1, 0.15) is 12.0 Å². The normalized spacial score (nSPS) is 13.2. The van der Waals surface area contributed by atoms with Gasteiger partial charge >= 0.3 is 5.97 Å². The van der Waals surface area contributed by atoms with Crippen molar-refractivity contribution >= 4 is 11.8 Å². The van der Waals surface area contributed by atoms with Gasteiger partial charge in [0.2, 0.25) is 0 Å². The van der Waals surface area contributed by atoms with Crippen molar-refractivity contribution in [1.29, 1.82) is 0 Å². The van der Waals surface area contributed by atoms with Crippen molar-refractivity contribution in [2.75, 3.05) is 6.54 Å². The van der Waals surface area contributed by atoms with Crippen molar-refractivity contribution < 1.29 is 37.9 Å². The molecule has 0 fully saturated rings. The maximum atomic E-state index is 10.8. The molecule has 1 rings (SSSR count). The predicted octanol–water partition coefficient (Wildman–Crippen LogP) is -3.90. The van der Waals surface area contributed by atoms with Crippen LogP contribution in [0.4, 0.5) is 0 Å². The zero-order valence-electron chi connectivity index (χ0n) is 11.2. The highest BCUT2D eigenvalue weighted by Gasteiger charge is 2.16. The summed E-state index contributed by atoms with van der Waals surface area (Å²) in [5, 5.41) is 21.2. The van der Waals surface area contributed by atoms with Gasteiger partial charge in [-0.15, -0.1) is 0 Å². The second-order valence-electron chi connectivity index (χ2n) is 4.47. The molecule has 0 saturated heterocycles. The summed E-state index contributed by atoms with van der Waals surface area (Å²) >= 11 is 0. The van der Waals surface area contributed by atoms with E-state index < -0.39 is 18.2 Å². The summed E-state index contributed by atoms with van der Waals surface area (Å²) in [6.07, 6.45) is -0.569. The molecule has 0 aromatic heterocycles. The Bertz CT molecular complexity index is 450. The number of ketones is 1. The molecule has 7 heteroatoms. The van der Waals surface area contributed by atoms with Gasteiger partial charge < -0.3 is 28.4 Å². The molecule has 0 spiro atoms. The molecule has 0 aliphatic carbocycles. The Labute approximate surface area is 123 Å². The first-order valence-electron chi connectivity index (χ1n) is 5.95. The van der Waals surface area contributed by atoms with Crippen molar-refractivity contribution in [3.8, 4) is 0 Å². The Morgan fingerprint density at radius 3 is 2.30 bits per heavy atom. The Morgan fingerprint density at radius 1 is 1.30 bits per heavy atom. The fraction of sp³-hybridized carbons (Fsp3) is 0.385. The standard InChI is InChI=1S/C13H18N2O4.ClH/c1-8(16)7-15-12(17)10-4-2-9(3-5-10)6-11(14)13(18)19;/h2-5,11-12,15,17H,6-7,14H2,1H3,(H,18,19);1H. The zero-order valence-corrected chi connectivity index (χ0v) is 11.9. The lowest BCUT2D eigenvalue weighted by Gasteiger charge is -2.12. The quantitative estimate of drug-likeness (QED) is 0.384. The molecule has 1 aromatic rings. The number of rotatable bonds is 7. The summed E-state index contributed by atoms with van der Waals surface area (Å²) in [5.74, 6) is -0.996. The second-order valence-corrected chi connectivity index (χ2v) is 4.47. The van der Waals surface area contributed by atoms with E-state index in [0.29, 0.717) is 12.0 Å². The third-order valence-electron chi connectivity index (χ3n) is 2.67. The number of benzene rings is 1. The van der Waals surface area contributed by atoms with Crippen LogP contribution < -0.4 is 23.5 Å². The molecule has 0 aliphatic heterocycles. The minimum atomic E-state index is -0.938. The van der Waals surface area contributed by atoms with Crippen molar-refractivity contribution in [3.63, 3.8) is 0 Å². The lowest BCUT2D eigenvalue weighted by atomic mass is 10.0. The molecule has 2 unspecified atom stereocenters. The van der Waals surface area contributed by atoms with Gasteiger partial charge in [-0.1, -0.05) is 24.3 Å². The van der Waals surface area contributed by atoms with Crippen LogP contribution in [0.2, 0.25) is 0 Å². The molecule has 0 bridgehead atoms. The van der Waals surface area contributed by atoms with Gasteiger partial charge in [-0.2, -0.15) is 0 Å². The Hall–Kier alpha value is -1.47. The third-order valence-corrected chi connectivity index (χ3v) is 2.67. The van der Waals surface area contributed by atoms with Crippen LogP contribution in [0.1, 0.15) is 24.3 Å². The summed E-state index contributed by atoms with van der Waals surface area (Å²) in [5.41, 5.74) is 5.00. The number of carboxylic acids is 1. The minimum Gasteiger partial charge on any atom is -1.00 e. The van der Waals surface area contributed by atoms with Gasteiger partial charge in [0, 0.05) is 6.42 Å². The molecule has 20 heavy (non-hydrogen) atoms. The van der Waals surface area contributed by atoms with Crippen LogP contribution in [-0.4, -0.2) is 34.6 Å². The average molecular weight is 303 g/mol. The van der Waals surface area contributed by atoms with Crippen molar-refractivity contribution in [2.24, 2.45) is 0 Å². The largest absolute Gasteiger partial charge is 1.00 e. The maximum absolute atomic E-state index is 10.8. The number of carbonyl (C=O) groups is 2. The van der Waals surface area contributed by atoms with Crippen molar-refractivity contribution in [1.82, 2.24) is 5.32 Å². The summed E-state index contributed by atoms with van der Waals surface area (Å²) in [7, 11) is 0. The molecule has 2 atom stereocenters. The number of quaternary nitrogens is 1. The van der Waals surface area contributed by atoms with E-state index in [2.05, 4.69) is 11.1 Å². The van der Waals surface area contributed by atoms with Gasteiger partial charge in [-0.25, -0.2) is 4.79 Å². The maximum Gasteiger partial charge on any atom is 0.362 e. The van der Waals surface area contributed by atoms with Crippen LogP contribution in [0.3, 0.4) is 0 Å². The van der Waals surface area contributed by atoms with Crippen molar-refractivity contribution in [2.45, 2.75) is 25.6 Å². The fourth-order valence-corrected chi connectivity index (χ4v) is 1.57. The number of aliphatic hydroxyl groups excluding tert-OH is 1. The third kappa shape index (κ3) is 6.12. The second kappa shape index (κ2) is 8.65. The van der Waals surface area contributed by atoms with Crippen LogP contribution in [-0.2, 0) is 16.0 Å². The Balaban J connectivity index is 0.00000361. The summed E-state index contributed by atoms with van der Waals surface area (Å²) in [4.78, 5) is 21.5. The highest BCUT2D eigenvalue weighted by atomic mass is 35.5. The molecule has 0 heterocycles. The van der Waals surface area contributed by atoms with Crippen LogP contribution in [0.5, 0.6) is 0 Å². The SMILES string of the molecule is CC(=O)CNC(O)c1ccc(CC([NH3+])C(=O)O)cc1.[Cl-]. The first kappa shape index (κ1) is 18.5. The molecular weight excluding hydrogens is 284 g/mol. The van der Waals surface area contributed by atoms with Gasteiger partial charge in [0.25, 0.3) is 0 Å². The number of hydrogen-bond donors (Lipinski definition) is 4. The lowest BCUT2D eigenvalue weighted by Crippen LogP contribution is -3.00. The van der Waals surface area contributed by atoms with E-state index in [1.807, 2.05) is 0 Å². The van der Waals surface area contributed by atoms with Crippen LogP contribution in [0.15, 0.2) is 24.3 Å². The Kier molecular flexibility index (Phi) is 8.02. The number of Topliss-reactive ketones (excluding diaryl/α,β-unsaturated/α-hetero) is 1. The van der Waals surface area contributed by atoms with Crippen LogP contribution in [0.25, 0.3) is 0 Å². The number of aliphatic hydroxyl groups is 1. The number of hydrogen-bond acceptors (Lipinski definition) is 4. The van der Waals surface area contributed by atoms with E-state index in [0.717, 1.165) is 5.56 Å². The highest BCUT2D eigenvalue weighted by molar-refractivity contribution is 5.77. The topological polar surface area (TPSA) is 114 Å². The predicted molar refractivity (Wildman–Crippen MR) is 68.1 cm³/mol. The first-order chi connectivity index (χ1) is 8.90. The van der Waals surface area contributed by atoms with E-state index in [4.69, 9.17) is 5.11 Å². The number of aliphatic carboxylic acids is 1. The first-order valence-corrected chi connectivity index (χ1v) is 5.95. The van der Waals surface area contributed by atoms with Crippen molar-refractivity contribution in [3.05, 3.63) is 35.4 Å². The van der Waals surface area contributed by atoms with Gasteiger partial charge in [0.15, 0.2) is 6.04 Å². The smallest absolute Gasteiger partial charge is 0.362 e. The van der Waals surface area contributed by atoms with E-state index >= 15 is 0 Å². The number of carboxylic acid groups (broad SMARTS) is 1. The summed E-state index contributed by atoms with van der Waals surface area (Å²) < 4.78 is 0. The molecule has 0 aliphatic rings. The van der Waals surface area contributed by atoms with Gasteiger partial charge in [-0.3, -0.25) is 10.1 Å². The van der Waals surface area contributed by atoms with E-state index in [-0.39, 0.29) is 24.7 Å². The number of nitrogens with one attached hydrogen (secondary N) is 1. The fourth-order valence-electron chi connectivity index (χ4n) is 1.57. The Morgan fingerprint density at radius 2 is 1.85 bits per heavy atom. The lowest BCUT2D eigenvalue weighted by molar-refractivity contribution is -0.407. The number of halogens is 1. The number of carbonyl (C=O) groups excluding carboxylic acids is 1. The zero-order chi connectivity index (χ0) is 14.4. The van der Waals surface area contributed by atoms with Gasteiger partial charge in [0.05, 0.1) is 6.54 Å². The van der Waals surface area contributed by atoms with Gasteiger partial charge in [-0.05, 0) is 18.1 Å². The van der Waals surface area contributed by atoms with E-state index in [9.17, 15) is 14.7 Å². The molecular formula is C13H19ClN2O4. The molecule has 1 aromatic carbocycles. The highest BCUT2D eigenvalue weighted by Crippen LogP contribution is 2.12. The summed E-state index contributed by atoms with van der Waals surface area (Å²) in [6.45, 7) is 1.53. The molecule has 0 saturated carbocycles. The van der Waals surface area contributed by atoms with E-state index in [1.54, 1.807) is 24.3 Å². The summed E-state index contributed by atoms with van der Waals surface area (Å²) in [6, 6.07) is 6.19. The molecule has 6 N–H and O–H groups in total. The van der Waals surface area contributed by atoms with Crippen LogP contribution in [0, 0.1) is 0 Å². The monoisotopic (exact) mass is 302 g/mol. The molecule has 6 nitrogen and oxygen atoms in total. The van der Waals surface area contributed by atoms with Crippen LogP contribution >= 0.6 is 0 Å². The molecule has 0 radical (unpaired) electrons. The molecule has 0 amide bonds. The minimum absolute atomic E-state index is 0. The average Bonchev–Trinajstić information content (AvgIpc) is 2.36.